The molecule has 112 valence electrons. The molecule has 5 heteroatoms. The second-order valence-corrected chi connectivity index (χ2v) is 6.78. The maximum absolute atomic E-state index is 12.7. The molecule has 0 aromatic carbocycles. The molecule has 2 atom stereocenters. The van der Waals surface area contributed by atoms with Gasteiger partial charge >= 0.3 is 0 Å². The van der Waals surface area contributed by atoms with Crippen molar-refractivity contribution in [3.8, 4) is 0 Å². The fourth-order valence-electron chi connectivity index (χ4n) is 4.00. The third kappa shape index (κ3) is 1.44. The average Bonchev–Trinajstić information content (AvgIpc) is 3.04. The van der Waals surface area contributed by atoms with E-state index in [1.165, 1.54) is 6.26 Å². The first-order chi connectivity index (χ1) is 9.77. The normalized spacial score (nSPS) is 33.5. The van der Waals surface area contributed by atoms with E-state index in [2.05, 4.69) is 5.32 Å². The lowest BCUT2D eigenvalue weighted by Crippen LogP contribution is -2.50. The number of carbonyl (C=O) groups is 3. The summed E-state index contributed by atoms with van der Waals surface area (Å²) in [5.41, 5.74) is -2.63. The van der Waals surface area contributed by atoms with E-state index in [0.29, 0.717) is 18.6 Å². The SMILES string of the molecule is CC1(C)[C@@]2(C(=O)NCc3ccco3)CC[C@]1(C)C(=O)C2=O. The van der Waals surface area contributed by atoms with Gasteiger partial charge in [-0.25, -0.2) is 0 Å². The molecule has 2 saturated carbocycles. The number of ketones is 2. The number of rotatable bonds is 3. The number of furan rings is 1. The summed E-state index contributed by atoms with van der Waals surface area (Å²) in [7, 11) is 0. The van der Waals surface area contributed by atoms with Crippen molar-refractivity contribution in [3.63, 3.8) is 0 Å². The minimum Gasteiger partial charge on any atom is -0.467 e. The van der Waals surface area contributed by atoms with Crippen LogP contribution in [0.15, 0.2) is 22.8 Å². The Labute approximate surface area is 123 Å². The van der Waals surface area contributed by atoms with E-state index >= 15 is 0 Å². The fraction of sp³-hybridized carbons (Fsp3) is 0.562. The van der Waals surface area contributed by atoms with Gasteiger partial charge in [0.2, 0.25) is 17.5 Å². The summed E-state index contributed by atoms with van der Waals surface area (Å²) >= 11 is 0. The summed E-state index contributed by atoms with van der Waals surface area (Å²) in [6.07, 6.45) is 2.55. The van der Waals surface area contributed by atoms with Crippen molar-refractivity contribution < 1.29 is 18.8 Å². The van der Waals surface area contributed by atoms with E-state index in [4.69, 9.17) is 4.42 Å². The quantitative estimate of drug-likeness (QED) is 0.680. The number of nitrogens with one attached hydrogen (secondary N) is 1. The highest BCUT2D eigenvalue weighted by Gasteiger charge is 2.77. The maximum Gasteiger partial charge on any atom is 0.235 e. The van der Waals surface area contributed by atoms with Gasteiger partial charge in [0.1, 0.15) is 11.2 Å². The smallest absolute Gasteiger partial charge is 0.235 e. The molecule has 3 rings (SSSR count). The largest absolute Gasteiger partial charge is 0.467 e. The van der Waals surface area contributed by atoms with Crippen LogP contribution in [0.3, 0.4) is 0 Å². The molecule has 0 radical (unpaired) electrons. The Morgan fingerprint density at radius 3 is 2.48 bits per heavy atom. The zero-order valence-corrected chi connectivity index (χ0v) is 12.5. The Morgan fingerprint density at radius 1 is 1.24 bits per heavy atom. The van der Waals surface area contributed by atoms with Crippen molar-refractivity contribution >= 4 is 17.5 Å². The lowest BCUT2D eigenvalue weighted by atomic mass is 9.64. The van der Waals surface area contributed by atoms with Gasteiger partial charge in [-0.2, -0.15) is 0 Å². The van der Waals surface area contributed by atoms with Crippen molar-refractivity contribution in [3.05, 3.63) is 24.2 Å². The minimum atomic E-state index is -1.23. The van der Waals surface area contributed by atoms with Gasteiger partial charge < -0.3 is 9.73 Å². The van der Waals surface area contributed by atoms with E-state index in [1.807, 2.05) is 20.8 Å². The lowest BCUT2D eigenvalue weighted by Gasteiger charge is -2.37. The van der Waals surface area contributed by atoms with Crippen LogP contribution in [-0.4, -0.2) is 17.5 Å². The zero-order chi connectivity index (χ0) is 15.5. The predicted molar refractivity (Wildman–Crippen MR) is 74.1 cm³/mol. The van der Waals surface area contributed by atoms with Crippen LogP contribution in [0, 0.1) is 16.2 Å². The Balaban J connectivity index is 1.91. The van der Waals surface area contributed by atoms with Gasteiger partial charge in [-0.15, -0.1) is 0 Å². The van der Waals surface area contributed by atoms with Gasteiger partial charge in [-0.3, -0.25) is 14.4 Å². The molecule has 21 heavy (non-hydrogen) atoms. The first-order valence-corrected chi connectivity index (χ1v) is 7.17. The van der Waals surface area contributed by atoms with Gasteiger partial charge in [0.15, 0.2) is 0 Å². The van der Waals surface area contributed by atoms with Gasteiger partial charge in [0, 0.05) is 5.41 Å². The van der Waals surface area contributed by atoms with Gasteiger partial charge in [0.25, 0.3) is 0 Å². The van der Waals surface area contributed by atoms with Gasteiger partial charge in [-0.1, -0.05) is 20.8 Å². The molecule has 2 aliphatic rings. The van der Waals surface area contributed by atoms with Crippen LogP contribution in [0.1, 0.15) is 39.4 Å². The molecule has 0 saturated heterocycles. The summed E-state index contributed by atoms with van der Waals surface area (Å²) in [5, 5.41) is 2.76. The van der Waals surface area contributed by atoms with Crippen molar-refractivity contribution in [1.82, 2.24) is 5.32 Å². The second-order valence-electron chi connectivity index (χ2n) is 6.78. The topological polar surface area (TPSA) is 76.4 Å². The van der Waals surface area contributed by atoms with Crippen LogP contribution in [0.2, 0.25) is 0 Å². The molecule has 0 unspecified atom stereocenters. The molecule has 5 nitrogen and oxygen atoms in total. The minimum absolute atomic E-state index is 0.224. The second kappa shape index (κ2) is 4.06. The predicted octanol–water partition coefficient (Wildman–Crippen LogP) is 1.86. The molecule has 2 aliphatic carbocycles. The number of Topliss-reactive ketones (excluding diaryl/α,β-unsaturated/α-hetero) is 2. The Bertz CT molecular complexity index is 631. The standard InChI is InChI=1S/C16H19NO4/c1-14(2)15(3)6-7-16(14,12(19)11(15)18)13(20)17-9-10-5-4-8-21-10/h4-5,8H,6-7,9H2,1-3H3,(H,17,20)/t15-,16+/m1/s1. The molecular weight excluding hydrogens is 270 g/mol. The van der Waals surface area contributed by atoms with E-state index < -0.39 is 27.8 Å². The fourth-order valence-corrected chi connectivity index (χ4v) is 4.00. The van der Waals surface area contributed by atoms with E-state index in [0.717, 1.165) is 0 Å². The van der Waals surface area contributed by atoms with E-state index in [-0.39, 0.29) is 12.5 Å². The molecular formula is C16H19NO4. The Hall–Kier alpha value is -1.91. The number of carbonyl (C=O) groups excluding carboxylic acids is 3. The molecule has 1 amide bonds. The lowest BCUT2D eigenvalue weighted by molar-refractivity contribution is -0.149. The monoisotopic (exact) mass is 289 g/mol. The summed E-state index contributed by atoms with van der Waals surface area (Å²) < 4.78 is 5.18. The first kappa shape index (κ1) is 14.0. The summed E-state index contributed by atoms with van der Waals surface area (Å²) in [4.78, 5) is 37.5. The molecule has 1 aromatic heterocycles. The Morgan fingerprint density at radius 2 is 1.95 bits per heavy atom. The van der Waals surface area contributed by atoms with Gasteiger partial charge in [0.05, 0.1) is 12.8 Å². The third-order valence-electron chi connectivity index (χ3n) is 5.93. The van der Waals surface area contributed by atoms with Gasteiger partial charge in [-0.05, 0) is 30.4 Å². The maximum atomic E-state index is 12.7. The van der Waals surface area contributed by atoms with E-state index in [9.17, 15) is 14.4 Å². The molecule has 0 spiro atoms. The van der Waals surface area contributed by atoms with Crippen molar-refractivity contribution in [2.24, 2.45) is 16.2 Å². The number of hydrogen-bond acceptors (Lipinski definition) is 4. The Kier molecular flexibility index (Phi) is 2.71. The number of amides is 1. The van der Waals surface area contributed by atoms with Crippen LogP contribution in [0.4, 0.5) is 0 Å². The molecule has 1 heterocycles. The molecule has 2 bridgehead atoms. The van der Waals surface area contributed by atoms with Crippen LogP contribution in [-0.2, 0) is 20.9 Å². The zero-order valence-electron chi connectivity index (χ0n) is 12.5. The summed E-state index contributed by atoms with van der Waals surface area (Å²) in [5.74, 6) is -0.663. The molecule has 0 aliphatic heterocycles. The van der Waals surface area contributed by atoms with Crippen LogP contribution in [0.5, 0.6) is 0 Å². The molecule has 1 N–H and O–H groups in total. The van der Waals surface area contributed by atoms with Crippen molar-refractivity contribution in [2.75, 3.05) is 0 Å². The van der Waals surface area contributed by atoms with E-state index in [1.54, 1.807) is 12.1 Å². The first-order valence-electron chi connectivity index (χ1n) is 7.17. The highest BCUT2D eigenvalue weighted by molar-refractivity contribution is 6.48. The van der Waals surface area contributed by atoms with Crippen LogP contribution < -0.4 is 5.32 Å². The summed E-state index contributed by atoms with van der Waals surface area (Å²) in [6, 6.07) is 3.49. The summed E-state index contributed by atoms with van der Waals surface area (Å²) in [6.45, 7) is 5.74. The molecule has 2 fully saturated rings. The number of hydrogen-bond donors (Lipinski definition) is 1. The highest BCUT2D eigenvalue weighted by Crippen LogP contribution is 2.68. The highest BCUT2D eigenvalue weighted by atomic mass is 16.3. The molecule has 1 aromatic rings. The third-order valence-corrected chi connectivity index (χ3v) is 5.93. The van der Waals surface area contributed by atoms with Crippen molar-refractivity contribution in [1.29, 1.82) is 0 Å². The van der Waals surface area contributed by atoms with Crippen LogP contribution in [0.25, 0.3) is 0 Å². The number of fused-ring (bicyclic) bond motifs is 2. The van der Waals surface area contributed by atoms with Crippen molar-refractivity contribution in [2.45, 2.75) is 40.2 Å². The van der Waals surface area contributed by atoms with Crippen LogP contribution >= 0.6 is 0 Å². The average molecular weight is 289 g/mol.